The zero-order chi connectivity index (χ0) is 29.4. The Bertz CT molecular complexity index is 1600. The van der Waals surface area contributed by atoms with E-state index >= 15 is 0 Å². The minimum atomic E-state index is -3.96. The number of nitrogens with zero attached hydrogens (tertiary/aromatic N) is 5. The number of halogens is 1. The summed E-state index contributed by atoms with van der Waals surface area (Å²) in [4.78, 5) is 29.0. The predicted molar refractivity (Wildman–Crippen MR) is 147 cm³/mol. The molecular formula is C26H34FN5O7S. The number of carbonyl (C=O) groups excluding carboxylic acids is 1. The van der Waals surface area contributed by atoms with E-state index < -0.39 is 28.0 Å². The topological polar surface area (TPSA) is 147 Å². The van der Waals surface area contributed by atoms with Crippen LogP contribution in [0.4, 0.5) is 10.2 Å². The number of aliphatic hydroxyl groups excluding tert-OH is 2. The van der Waals surface area contributed by atoms with Gasteiger partial charge in [-0.3, -0.25) is 13.9 Å². The molecule has 12 nitrogen and oxygen atoms in total. The first-order valence-electron chi connectivity index (χ1n) is 13.0. The van der Waals surface area contributed by atoms with Gasteiger partial charge in [-0.1, -0.05) is 6.07 Å². The smallest absolute Gasteiger partial charge is 0.280 e. The number of amides is 1. The largest absolute Gasteiger partial charge is 0.493 e. The summed E-state index contributed by atoms with van der Waals surface area (Å²) in [6, 6.07) is 3.42. The zero-order valence-electron chi connectivity index (χ0n) is 22.9. The van der Waals surface area contributed by atoms with Crippen LogP contribution in [-0.4, -0.2) is 83.4 Å². The maximum Gasteiger partial charge on any atom is 0.280 e. The fourth-order valence-corrected chi connectivity index (χ4v) is 6.34. The van der Waals surface area contributed by atoms with Gasteiger partial charge in [0.15, 0.2) is 17.3 Å². The fraction of sp³-hybridized carbons (Fsp3) is 0.500. The molecule has 0 spiro atoms. The Balaban J connectivity index is 2.05. The molecule has 1 aliphatic rings. The zero-order valence-corrected chi connectivity index (χ0v) is 23.7. The second-order valence-electron chi connectivity index (χ2n) is 9.74. The van der Waals surface area contributed by atoms with Crippen molar-refractivity contribution in [1.29, 1.82) is 0 Å². The average molecular weight is 580 g/mol. The number of unbranched alkanes of at least 4 members (excludes halogenated alkanes) is 1. The van der Waals surface area contributed by atoms with Gasteiger partial charge in [-0.2, -0.15) is 0 Å². The molecule has 40 heavy (non-hydrogen) atoms. The van der Waals surface area contributed by atoms with Crippen molar-refractivity contribution in [3.63, 3.8) is 0 Å². The SMILES string of the molecule is CCN1CC(C)n2c(c(OC)c3c(=O)n(Cc4ccc(F)cc4CO)nc(N(C)S(=O)(=O)CCCCO)c32)C1=O. The quantitative estimate of drug-likeness (QED) is 0.325. The summed E-state index contributed by atoms with van der Waals surface area (Å²) < 4.78 is 49.8. The first-order chi connectivity index (χ1) is 19.0. The van der Waals surface area contributed by atoms with Gasteiger partial charge in [-0.15, -0.1) is 5.10 Å². The summed E-state index contributed by atoms with van der Waals surface area (Å²) >= 11 is 0. The Morgan fingerprint density at radius 3 is 2.55 bits per heavy atom. The van der Waals surface area contributed by atoms with Gasteiger partial charge in [0.1, 0.15) is 16.7 Å². The molecule has 0 radical (unpaired) electrons. The summed E-state index contributed by atoms with van der Waals surface area (Å²) in [7, 11) is -1.31. The van der Waals surface area contributed by atoms with Crippen LogP contribution < -0.4 is 14.6 Å². The van der Waals surface area contributed by atoms with E-state index in [1.807, 2.05) is 13.8 Å². The number of hydrogen-bond donors (Lipinski definition) is 2. The van der Waals surface area contributed by atoms with Crippen molar-refractivity contribution >= 4 is 32.7 Å². The van der Waals surface area contributed by atoms with Crippen molar-refractivity contribution < 1.29 is 32.6 Å². The van der Waals surface area contributed by atoms with Gasteiger partial charge in [0.25, 0.3) is 11.5 Å². The molecule has 3 heterocycles. The van der Waals surface area contributed by atoms with Gasteiger partial charge in [0.2, 0.25) is 10.0 Å². The number of fused-ring (bicyclic) bond motifs is 3. The Kier molecular flexibility index (Phi) is 8.52. The van der Waals surface area contributed by atoms with E-state index in [0.717, 1.165) is 15.1 Å². The number of hydrogen-bond acceptors (Lipinski definition) is 8. The lowest BCUT2D eigenvalue weighted by Crippen LogP contribution is -2.42. The highest BCUT2D eigenvalue weighted by Crippen LogP contribution is 2.41. The van der Waals surface area contributed by atoms with Crippen molar-refractivity contribution in [3.05, 3.63) is 51.2 Å². The second kappa shape index (κ2) is 11.6. The van der Waals surface area contributed by atoms with Crippen LogP contribution in [0.2, 0.25) is 0 Å². The fourth-order valence-electron chi connectivity index (χ4n) is 5.11. The van der Waals surface area contributed by atoms with Crippen LogP contribution in [0.15, 0.2) is 23.0 Å². The number of sulfonamides is 1. The highest BCUT2D eigenvalue weighted by Gasteiger charge is 2.38. The lowest BCUT2D eigenvalue weighted by atomic mass is 10.1. The van der Waals surface area contributed by atoms with Crippen LogP contribution in [-0.2, 0) is 23.2 Å². The van der Waals surface area contributed by atoms with Gasteiger partial charge in [0, 0.05) is 32.8 Å². The van der Waals surface area contributed by atoms with E-state index in [1.165, 1.54) is 26.3 Å². The number of benzene rings is 1. The molecule has 2 aromatic heterocycles. The molecule has 1 aliphatic heterocycles. The third-order valence-corrected chi connectivity index (χ3v) is 9.03. The standard InChI is InChI=1S/C26H34FN5O7S/c1-5-30-13-16(2)32-21-20(23(39-4)22(32)26(30)36)25(35)31(14-17-8-9-19(27)12-18(17)15-34)28-24(21)29(3)40(37,38)11-7-6-10-33/h8-9,12,16,33-34H,5-7,10-11,13-15H2,1-4H3. The summed E-state index contributed by atoms with van der Waals surface area (Å²) in [5, 5.41) is 23.4. The number of carbonyl (C=O) groups is 1. The number of rotatable bonds is 11. The van der Waals surface area contributed by atoms with Crippen LogP contribution in [0.5, 0.6) is 5.75 Å². The Hall–Kier alpha value is -3.49. The maximum atomic E-state index is 13.9. The molecule has 1 aromatic carbocycles. The molecule has 0 saturated carbocycles. The van der Waals surface area contributed by atoms with E-state index in [-0.39, 0.29) is 77.4 Å². The first-order valence-corrected chi connectivity index (χ1v) is 14.6. The summed E-state index contributed by atoms with van der Waals surface area (Å²) in [6.45, 7) is 3.60. The van der Waals surface area contributed by atoms with Crippen molar-refractivity contribution in [2.45, 2.75) is 45.9 Å². The number of likely N-dealkylation sites (N-methyl/N-ethyl adjacent to an activating group) is 1. The monoisotopic (exact) mass is 579 g/mol. The third kappa shape index (κ3) is 5.06. The number of methoxy groups -OCH3 is 1. The Morgan fingerprint density at radius 1 is 1.20 bits per heavy atom. The van der Waals surface area contributed by atoms with Crippen LogP contribution in [0.1, 0.15) is 54.3 Å². The van der Waals surface area contributed by atoms with E-state index in [4.69, 9.17) is 9.84 Å². The minimum absolute atomic E-state index is 0.00859. The normalized spacial score (nSPS) is 15.5. The molecule has 1 atom stereocenters. The molecule has 3 aromatic rings. The minimum Gasteiger partial charge on any atom is -0.493 e. The summed E-state index contributed by atoms with van der Waals surface area (Å²) in [5.41, 5.74) is 0.284. The highest BCUT2D eigenvalue weighted by molar-refractivity contribution is 7.92. The Morgan fingerprint density at radius 2 is 1.93 bits per heavy atom. The van der Waals surface area contributed by atoms with Crippen molar-refractivity contribution in [2.75, 3.05) is 43.9 Å². The van der Waals surface area contributed by atoms with Gasteiger partial charge < -0.3 is 24.4 Å². The molecule has 0 fully saturated rings. The van der Waals surface area contributed by atoms with Crippen molar-refractivity contribution in [1.82, 2.24) is 19.2 Å². The number of aromatic nitrogens is 3. The number of anilines is 1. The van der Waals surface area contributed by atoms with Crippen molar-refractivity contribution in [2.24, 2.45) is 0 Å². The van der Waals surface area contributed by atoms with Gasteiger partial charge in [-0.25, -0.2) is 17.5 Å². The summed E-state index contributed by atoms with van der Waals surface area (Å²) in [5.74, 6) is -1.27. The van der Waals surface area contributed by atoms with E-state index in [1.54, 1.807) is 9.47 Å². The molecule has 218 valence electrons. The maximum absolute atomic E-state index is 13.9. The van der Waals surface area contributed by atoms with Crippen LogP contribution >= 0.6 is 0 Å². The van der Waals surface area contributed by atoms with Gasteiger partial charge in [0.05, 0.1) is 26.0 Å². The van der Waals surface area contributed by atoms with Crippen LogP contribution in [0.25, 0.3) is 10.9 Å². The Labute approximate surface area is 231 Å². The lowest BCUT2D eigenvalue weighted by molar-refractivity contribution is 0.0685. The van der Waals surface area contributed by atoms with E-state index in [9.17, 15) is 27.5 Å². The first kappa shape index (κ1) is 29.5. The average Bonchev–Trinajstić information content (AvgIpc) is 3.29. The van der Waals surface area contributed by atoms with Crippen molar-refractivity contribution in [3.8, 4) is 5.75 Å². The van der Waals surface area contributed by atoms with Gasteiger partial charge >= 0.3 is 0 Å². The molecule has 0 aliphatic carbocycles. The number of ether oxygens (including phenoxy) is 1. The molecule has 2 N–H and O–H groups in total. The molecule has 0 saturated heterocycles. The highest BCUT2D eigenvalue weighted by atomic mass is 32.2. The van der Waals surface area contributed by atoms with E-state index in [0.29, 0.717) is 18.7 Å². The summed E-state index contributed by atoms with van der Waals surface area (Å²) in [6.07, 6.45) is 0.494. The molecule has 1 amide bonds. The van der Waals surface area contributed by atoms with Crippen LogP contribution in [0, 0.1) is 5.82 Å². The van der Waals surface area contributed by atoms with E-state index in [2.05, 4.69) is 5.10 Å². The lowest BCUT2D eigenvalue weighted by Gasteiger charge is -2.33. The predicted octanol–water partition coefficient (Wildman–Crippen LogP) is 1.46. The molecule has 1 unspecified atom stereocenters. The second-order valence-corrected chi connectivity index (χ2v) is 11.9. The molecular weight excluding hydrogens is 545 g/mol. The molecule has 14 heteroatoms. The van der Waals surface area contributed by atoms with Crippen LogP contribution in [0.3, 0.4) is 0 Å². The molecule has 4 rings (SSSR count). The van der Waals surface area contributed by atoms with Gasteiger partial charge in [-0.05, 0) is 49.9 Å². The molecule has 0 bridgehead atoms. The number of aliphatic hydroxyl groups is 2. The third-order valence-electron chi connectivity index (χ3n) is 7.22.